The smallest absolute Gasteiger partial charge is 0.239 e. The van der Waals surface area contributed by atoms with Crippen molar-refractivity contribution in [1.29, 1.82) is 0 Å². The lowest BCUT2D eigenvalue weighted by atomic mass is 10.4. The number of rotatable bonds is 3. The minimum absolute atomic E-state index is 0.00499. The Morgan fingerprint density at radius 2 is 1.75 bits per heavy atom. The van der Waals surface area contributed by atoms with Gasteiger partial charge in [-0.3, -0.25) is 4.79 Å². The Morgan fingerprint density at radius 3 is 2.40 bits per heavy atom. The van der Waals surface area contributed by atoms with Gasteiger partial charge in [-0.05, 0) is 12.8 Å². The molecule has 2 saturated heterocycles. The zero-order chi connectivity index (χ0) is 13.9. The lowest BCUT2D eigenvalue weighted by molar-refractivity contribution is -0.120. The maximum atomic E-state index is 11.5. The Hall–Kier alpha value is -2.12. The molecule has 0 radical (unpaired) electrons. The summed E-state index contributed by atoms with van der Waals surface area (Å²) in [7, 11) is 1.79. The third kappa shape index (κ3) is 2.59. The first-order valence-electron chi connectivity index (χ1n) is 6.96. The van der Waals surface area contributed by atoms with Crippen LogP contribution in [0.5, 0.6) is 0 Å². The van der Waals surface area contributed by atoms with Gasteiger partial charge in [0.05, 0.1) is 6.54 Å². The van der Waals surface area contributed by atoms with E-state index in [4.69, 9.17) is 0 Å². The molecule has 2 aliphatic heterocycles. The van der Waals surface area contributed by atoms with Crippen molar-refractivity contribution in [2.75, 3.05) is 54.9 Å². The summed E-state index contributed by atoms with van der Waals surface area (Å²) in [6.45, 7) is 3.60. The van der Waals surface area contributed by atoms with Crippen molar-refractivity contribution in [2.24, 2.45) is 0 Å². The Balaban J connectivity index is 1.88. The molecule has 3 heterocycles. The molecule has 1 aromatic heterocycles. The Kier molecular flexibility index (Phi) is 3.53. The molecule has 0 unspecified atom stereocenters. The molecule has 8 heteroatoms. The quantitative estimate of drug-likeness (QED) is 0.766. The largest absolute Gasteiger partial charge is 0.357 e. The van der Waals surface area contributed by atoms with E-state index in [9.17, 15) is 4.79 Å². The summed E-state index contributed by atoms with van der Waals surface area (Å²) < 4.78 is 0. The van der Waals surface area contributed by atoms with E-state index >= 15 is 0 Å². The molecule has 0 atom stereocenters. The number of hydrogen-bond acceptors (Lipinski definition) is 7. The van der Waals surface area contributed by atoms with Crippen molar-refractivity contribution >= 4 is 23.8 Å². The van der Waals surface area contributed by atoms with Crippen LogP contribution in [0.4, 0.5) is 17.8 Å². The van der Waals surface area contributed by atoms with Gasteiger partial charge in [0.1, 0.15) is 0 Å². The maximum absolute atomic E-state index is 11.5. The normalized spacial score (nSPS) is 19.1. The van der Waals surface area contributed by atoms with E-state index in [1.54, 1.807) is 7.05 Å². The third-order valence-corrected chi connectivity index (χ3v) is 3.55. The lowest BCUT2D eigenvalue weighted by Gasteiger charge is -2.27. The van der Waals surface area contributed by atoms with E-state index in [0.29, 0.717) is 30.9 Å². The van der Waals surface area contributed by atoms with Gasteiger partial charge in [-0.1, -0.05) is 0 Å². The van der Waals surface area contributed by atoms with E-state index in [1.165, 1.54) is 12.8 Å². The first kappa shape index (κ1) is 12.9. The maximum Gasteiger partial charge on any atom is 0.239 e. The standard InChI is InChI=1S/C12H19N7O/c1-13-10-15-11(18-5-2-3-6-18)17-12(16-10)19-7-4-14-9(20)8-19/h2-8H2,1H3,(H,14,20)(H,13,15,16,17). The fourth-order valence-corrected chi connectivity index (χ4v) is 2.47. The van der Waals surface area contributed by atoms with Crippen LogP contribution in [0.2, 0.25) is 0 Å². The highest BCUT2D eigenvalue weighted by Gasteiger charge is 2.22. The highest BCUT2D eigenvalue weighted by atomic mass is 16.2. The van der Waals surface area contributed by atoms with E-state index in [-0.39, 0.29) is 5.91 Å². The molecule has 1 amide bonds. The summed E-state index contributed by atoms with van der Waals surface area (Å²) >= 11 is 0. The van der Waals surface area contributed by atoms with Crippen LogP contribution in [0, 0.1) is 0 Å². The number of nitrogens with one attached hydrogen (secondary N) is 2. The van der Waals surface area contributed by atoms with Crippen molar-refractivity contribution in [3.63, 3.8) is 0 Å². The molecule has 108 valence electrons. The van der Waals surface area contributed by atoms with Crippen LogP contribution >= 0.6 is 0 Å². The predicted octanol–water partition coefficient (Wildman–Crippen LogP) is -0.550. The van der Waals surface area contributed by atoms with Crippen LogP contribution in [0.25, 0.3) is 0 Å². The predicted molar refractivity (Wildman–Crippen MR) is 76.0 cm³/mol. The molecule has 0 spiro atoms. The molecule has 20 heavy (non-hydrogen) atoms. The van der Waals surface area contributed by atoms with Gasteiger partial charge in [-0.2, -0.15) is 15.0 Å². The second-order valence-electron chi connectivity index (χ2n) is 4.97. The Morgan fingerprint density at radius 1 is 1.05 bits per heavy atom. The number of nitrogens with zero attached hydrogens (tertiary/aromatic N) is 5. The average Bonchev–Trinajstić information content (AvgIpc) is 3.01. The first-order valence-corrected chi connectivity index (χ1v) is 6.96. The minimum atomic E-state index is 0.00499. The van der Waals surface area contributed by atoms with E-state index < -0.39 is 0 Å². The van der Waals surface area contributed by atoms with Gasteiger partial charge < -0.3 is 20.4 Å². The fourth-order valence-electron chi connectivity index (χ4n) is 2.47. The number of aromatic nitrogens is 3. The number of carbonyl (C=O) groups is 1. The number of anilines is 3. The molecule has 0 aliphatic carbocycles. The van der Waals surface area contributed by atoms with Gasteiger partial charge in [0.2, 0.25) is 23.8 Å². The highest BCUT2D eigenvalue weighted by Crippen LogP contribution is 2.20. The molecule has 0 bridgehead atoms. The van der Waals surface area contributed by atoms with Crippen LogP contribution in [0.3, 0.4) is 0 Å². The summed E-state index contributed by atoms with van der Waals surface area (Å²) in [6, 6.07) is 0. The van der Waals surface area contributed by atoms with Crippen LogP contribution in [-0.2, 0) is 4.79 Å². The summed E-state index contributed by atoms with van der Waals surface area (Å²) in [6.07, 6.45) is 2.34. The highest BCUT2D eigenvalue weighted by molar-refractivity contribution is 5.82. The van der Waals surface area contributed by atoms with Gasteiger partial charge in [-0.25, -0.2) is 0 Å². The summed E-state index contributed by atoms with van der Waals surface area (Å²) in [5.74, 6) is 1.82. The van der Waals surface area contributed by atoms with E-state index in [2.05, 4.69) is 30.5 Å². The number of amides is 1. The number of hydrogen-bond donors (Lipinski definition) is 2. The summed E-state index contributed by atoms with van der Waals surface area (Å²) in [5.41, 5.74) is 0. The van der Waals surface area contributed by atoms with Crippen LogP contribution < -0.4 is 20.4 Å². The molecule has 1 aromatic rings. The van der Waals surface area contributed by atoms with E-state index in [1.807, 2.05) is 4.90 Å². The van der Waals surface area contributed by atoms with Crippen LogP contribution in [0.1, 0.15) is 12.8 Å². The zero-order valence-corrected chi connectivity index (χ0v) is 11.6. The van der Waals surface area contributed by atoms with Crippen molar-refractivity contribution < 1.29 is 4.79 Å². The average molecular weight is 277 g/mol. The Bertz CT molecular complexity index is 501. The van der Waals surface area contributed by atoms with Gasteiger partial charge in [0.15, 0.2) is 0 Å². The Labute approximate surface area is 117 Å². The van der Waals surface area contributed by atoms with Crippen molar-refractivity contribution in [2.45, 2.75) is 12.8 Å². The fraction of sp³-hybridized carbons (Fsp3) is 0.667. The lowest BCUT2D eigenvalue weighted by Crippen LogP contribution is -2.48. The van der Waals surface area contributed by atoms with Gasteiger partial charge in [-0.15, -0.1) is 0 Å². The van der Waals surface area contributed by atoms with Gasteiger partial charge in [0.25, 0.3) is 0 Å². The third-order valence-electron chi connectivity index (χ3n) is 3.55. The molecule has 2 N–H and O–H groups in total. The number of piperazine rings is 1. The topological polar surface area (TPSA) is 86.3 Å². The summed E-state index contributed by atoms with van der Waals surface area (Å²) in [4.78, 5) is 28.9. The summed E-state index contributed by atoms with van der Waals surface area (Å²) in [5, 5.41) is 5.77. The SMILES string of the molecule is CNc1nc(N2CCCC2)nc(N2CCNC(=O)C2)n1. The van der Waals surface area contributed by atoms with Crippen molar-refractivity contribution in [3.8, 4) is 0 Å². The molecular formula is C12H19N7O. The van der Waals surface area contributed by atoms with Gasteiger partial charge in [0, 0.05) is 33.2 Å². The molecule has 2 fully saturated rings. The zero-order valence-electron chi connectivity index (χ0n) is 11.6. The molecule has 0 aromatic carbocycles. The van der Waals surface area contributed by atoms with Crippen molar-refractivity contribution in [3.05, 3.63) is 0 Å². The molecule has 2 aliphatic rings. The van der Waals surface area contributed by atoms with Crippen LogP contribution in [-0.4, -0.2) is 60.6 Å². The first-order chi connectivity index (χ1) is 9.76. The van der Waals surface area contributed by atoms with Crippen LogP contribution in [0.15, 0.2) is 0 Å². The molecule has 0 saturated carbocycles. The monoisotopic (exact) mass is 277 g/mol. The second kappa shape index (κ2) is 5.48. The number of carbonyl (C=O) groups excluding carboxylic acids is 1. The van der Waals surface area contributed by atoms with E-state index in [0.717, 1.165) is 19.6 Å². The molecule has 3 rings (SSSR count). The molecule has 8 nitrogen and oxygen atoms in total. The second-order valence-corrected chi connectivity index (χ2v) is 4.97. The minimum Gasteiger partial charge on any atom is -0.357 e. The van der Waals surface area contributed by atoms with Crippen molar-refractivity contribution in [1.82, 2.24) is 20.3 Å². The molecular weight excluding hydrogens is 258 g/mol. The van der Waals surface area contributed by atoms with Gasteiger partial charge >= 0.3 is 0 Å².